The van der Waals surface area contributed by atoms with Crippen molar-refractivity contribution in [2.45, 2.75) is 25.1 Å². The van der Waals surface area contributed by atoms with Gasteiger partial charge in [0.1, 0.15) is 0 Å². The van der Waals surface area contributed by atoms with Crippen LogP contribution < -0.4 is 5.32 Å². The molecule has 0 saturated carbocycles. The van der Waals surface area contributed by atoms with Crippen LogP contribution in [-0.2, 0) is 16.4 Å². The van der Waals surface area contributed by atoms with Crippen LogP contribution in [0.2, 0.25) is 0 Å². The highest BCUT2D eigenvalue weighted by Gasteiger charge is 2.40. The van der Waals surface area contributed by atoms with Gasteiger partial charge in [0, 0.05) is 31.2 Å². The summed E-state index contributed by atoms with van der Waals surface area (Å²) >= 11 is 3.46. The van der Waals surface area contributed by atoms with Crippen LogP contribution in [0.3, 0.4) is 0 Å². The fourth-order valence-corrected chi connectivity index (χ4v) is 4.30. The molecule has 5 nitrogen and oxygen atoms in total. The van der Waals surface area contributed by atoms with E-state index in [2.05, 4.69) is 26.2 Å². The number of guanidine groups is 1. The van der Waals surface area contributed by atoms with Crippen LogP contribution in [0.25, 0.3) is 0 Å². The van der Waals surface area contributed by atoms with Crippen LogP contribution >= 0.6 is 15.9 Å². The van der Waals surface area contributed by atoms with Crippen LogP contribution in [-0.4, -0.2) is 49.9 Å². The standard InChI is InChI=1S/C15H22BrN3O2S/c1-15(2)11-19(7-8-22(15,20)21)14(17-3)18-10-12-5-4-6-13(16)9-12/h4-6,9H,7-8,10-11H2,1-3H3,(H,17,18). The number of nitrogens with one attached hydrogen (secondary N) is 1. The van der Waals surface area contributed by atoms with Gasteiger partial charge < -0.3 is 10.2 Å². The van der Waals surface area contributed by atoms with Crippen LogP contribution in [0.1, 0.15) is 19.4 Å². The van der Waals surface area contributed by atoms with E-state index >= 15 is 0 Å². The Bertz CT molecular complexity index is 671. The smallest absolute Gasteiger partial charge is 0.193 e. The minimum atomic E-state index is -3.04. The van der Waals surface area contributed by atoms with Gasteiger partial charge in [0.15, 0.2) is 15.8 Å². The summed E-state index contributed by atoms with van der Waals surface area (Å²) in [5, 5.41) is 3.31. The number of halogens is 1. The Balaban J connectivity index is 2.04. The topological polar surface area (TPSA) is 61.8 Å². The van der Waals surface area contributed by atoms with Gasteiger partial charge in [0.25, 0.3) is 0 Å². The molecule has 0 radical (unpaired) electrons. The Hall–Kier alpha value is -1.08. The predicted molar refractivity (Wildman–Crippen MR) is 93.8 cm³/mol. The maximum Gasteiger partial charge on any atom is 0.193 e. The molecule has 1 fully saturated rings. The van der Waals surface area contributed by atoms with Crippen molar-refractivity contribution in [2.24, 2.45) is 4.99 Å². The predicted octanol–water partition coefficient (Wildman–Crippen LogP) is 2.03. The fraction of sp³-hybridized carbons (Fsp3) is 0.533. The summed E-state index contributed by atoms with van der Waals surface area (Å²) in [6, 6.07) is 8.05. The molecule has 22 heavy (non-hydrogen) atoms. The molecule has 1 N–H and O–H groups in total. The van der Waals surface area contributed by atoms with E-state index in [1.165, 1.54) is 0 Å². The maximum absolute atomic E-state index is 12.1. The lowest BCUT2D eigenvalue weighted by Crippen LogP contribution is -2.57. The van der Waals surface area contributed by atoms with Gasteiger partial charge in [-0.3, -0.25) is 4.99 Å². The Labute approximate surface area is 140 Å². The lowest BCUT2D eigenvalue weighted by molar-refractivity contribution is 0.353. The second-order valence-corrected chi connectivity index (χ2v) is 9.69. The lowest BCUT2D eigenvalue weighted by Gasteiger charge is -2.39. The van der Waals surface area contributed by atoms with E-state index in [1.807, 2.05) is 29.2 Å². The molecule has 1 aliphatic heterocycles. The highest BCUT2D eigenvalue weighted by Crippen LogP contribution is 2.23. The van der Waals surface area contributed by atoms with E-state index in [0.717, 1.165) is 16.0 Å². The third-order valence-electron chi connectivity index (χ3n) is 3.89. The van der Waals surface area contributed by atoms with Crippen LogP contribution in [0.4, 0.5) is 0 Å². The first-order chi connectivity index (χ1) is 10.2. The van der Waals surface area contributed by atoms with Crippen molar-refractivity contribution in [1.29, 1.82) is 0 Å². The molecule has 1 aliphatic rings. The first-order valence-corrected chi connectivity index (χ1v) is 9.62. The SMILES string of the molecule is CN=C(NCc1cccc(Br)c1)N1CCS(=O)(=O)C(C)(C)C1. The minimum Gasteiger partial charge on any atom is -0.352 e. The van der Waals surface area contributed by atoms with Gasteiger partial charge in [-0.25, -0.2) is 8.42 Å². The summed E-state index contributed by atoms with van der Waals surface area (Å²) in [6.07, 6.45) is 0. The van der Waals surface area contributed by atoms with Crippen molar-refractivity contribution >= 4 is 31.7 Å². The Morgan fingerprint density at radius 1 is 1.45 bits per heavy atom. The van der Waals surface area contributed by atoms with Gasteiger partial charge in [-0.05, 0) is 31.5 Å². The van der Waals surface area contributed by atoms with Crippen molar-refractivity contribution < 1.29 is 8.42 Å². The average Bonchev–Trinajstić information content (AvgIpc) is 2.43. The molecule has 1 heterocycles. The summed E-state index contributed by atoms with van der Waals surface area (Å²) in [4.78, 5) is 6.30. The molecule has 2 rings (SSSR count). The Kier molecular flexibility index (Phi) is 5.17. The summed E-state index contributed by atoms with van der Waals surface area (Å²) in [7, 11) is -1.32. The molecule has 122 valence electrons. The normalized spacial score (nSPS) is 20.7. The quantitative estimate of drug-likeness (QED) is 0.622. The summed E-state index contributed by atoms with van der Waals surface area (Å²) in [5.41, 5.74) is 1.14. The van der Waals surface area contributed by atoms with Gasteiger partial charge in [-0.15, -0.1) is 0 Å². The lowest BCUT2D eigenvalue weighted by atomic mass is 10.2. The molecule has 1 aromatic rings. The third kappa shape index (κ3) is 3.81. The number of rotatable bonds is 2. The average molecular weight is 388 g/mol. The van der Waals surface area contributed by atoms with Gasteiger partial charge in [-0.2, -0.15) is 0 Å². The molecule has 1 saturated heterocycles. The zero-order chi connectivity index (χ0) is 16.4. The highest BCUT2D eigenvalue weighted by molar-refractivity contribution is 9.10. The molecular weight excluding hydrogens is 366 g/mol. The molecule has 7 heteroatoms. The minimum absolute atomic E-state index is 0.164. The van der Waals surface area contributed by atoms with Crippen molar-refractivity contribution in [2.75, 3.05) is 25.9 Å². The number of aliphatic imine (C=N–C) groups is 1. The monoisotopic (exact) mass is 387 g/mol. The van der Waals surface area contributed by atoms with Crippen LogP contribution in [0.15, 0.2) is 33.7 Å². The molecule has 0 bridgehead atoms. The van der Waals surface area contributed by atoms with Crippen LogP contribution in [0, 0.1) is 0 Å². The largest absolute Gasteiger partial charge is 0.352 e. The summed E-state index contributed by atoms with van der Waals surface area (Å²) in [5.74, 6) is 0.903. The van der Waals surface area contributed by atoms with E-state index in [4.69, 9.17) is 0 Å². The molecule has 0 amide bonds. The van der Waals surface area contributed by atoms with Crippen molar-refractivity contribution in [1.82, 2.24) is 10.2 Å². The van der Waals surface area contributed by atoms with Gasteiger partial charge in [0.05, 0.1) is 10.5 Å². The zero-order valence-corrected chi connectivity index (χ0v) is 15.5. The van der Waals surface area contributed by atoms with Crippen molar-refractivity contribution in [3.63, 3.8) is 0 Å². The van der Waals surface area contributed by atoms with Gasteiger partial charge in [0.2, 0.25) is 0 Å². The molecule has 0 spiro atoms. The van der Waals surface area contributed by atoms with Gasteiger partial charge >= 0.3 is 0 Å². The second kappa shape index (κ2) is 6.58. The van der Waals surface area contributed by atoms with Crippen molar-refractivity contribution in [3.8, 4) is 0 Å². The summed E-state index contributed by atoms with van der Waals surface area (Å²) < 4.78 is 24.5. The number of hydrogen-bond donors (Lipinski definition) is 1. The number of sulfone groups is 1. The van der Waals surface area contributed by atoms with Crippen molar-refractivity contribution in [3.05, 3.63) is 34.3 Å². The Morgan fingerprint density at radius 2 is 2.18 bits per heavy atom. The first-order valence-electron chi connectivity index (χ1n) is 7.17. The number of hydrogen-bond acceptors (Lipinski definition) is 3. The molecule has 0 atom stereocenters. The fourth-order valence-electron chi connectivity index (χ4n) is 2.48. The Morgan fingerprint density at radius 3 is 2.77 bits per heavy atom. The maximum atomic E-state index is 12.1. The second-order valence-electron chi connectivity index (χ2n) is 6.03. The summed E-state index contributed by atoms with van der Waals surface area (Å²) in [6.45, 7) is 5.12. The molecule has 1 aromatic carbocycles. The number of nitrogens with zero attached hydrogens (tertiary/aromatic N) is 2. The highest BCUT2D eigenvalue weighted by atomic mass is 79.9. The number of benzene rings is 1. The molecule has 0 unspecified atom stereocenters. The van der Waals surface area contributed by atoms with E-state index in [-0.39, 0.29) is 5.75 Å². The first kappa shape index (κ1) is 17.3. The van der Waals surface area contributed by atoms with Crippen LogP contribution in [0.5, 0.6) is 0 Å². The van der Waals surface area contributed by atoms with E-state index < -0.39 is 14.6 Å². The van der Waals surface area contributed by atoms with E-state index in [0.29, 0.717) is 19.6 Å². The van der Waals surface area contributed by atoms with E-state index in [1.54, 1.807) is 20.9 Å². The third-order valence-corrected chi connectivity index (χ3v) is 6.92. The molecular formula is C15H22BrN3O2S. The van der Waals surface area contributed by atoms with Gasteiger partial charge in [-0.1, -0.05) is 28.1 Å². The molecule has 0 aromatic heterocycles. The zero-order valence-electron chi connectivity index (χ0n) is 13.1. The van der Waals surface area contributed by atoms with E-state index in [9.17, 15) is 8.42 Å². The molecule has 0 aliphatic carbocycles.